The van der Waals surface area contributed by atoms with Gasteiger partial charge in [-0.2, -0.15) is 0 Å². The van der Waals surface area contributed by atoms with Gasteiger partial charge in [0, 0.05) is 24.1 Å². The smallest absolute Gasteiger partial charge is 0.306 e. The third-order valence-electron chi connectivity index (χ3n) is 3.90. The number of benzene rings is 1. The fraction of sp³-hybridized carbons (Fsp3) is 0.444. The lowest BCUT2D eigenvalue weighted by Gasteiger charge is -2.17. The highest BCUT2D eigenvalue weighted by atomic mass is 16.5. The molecule has 0 aliphatic heterocycles. The van der Waals surface area contributed by atoms with Gasteiger partial charge < -0.3 is 15.0 Å². The molecule has 0 spiro atoms. The Balaban J connectivity index is 2.14. The molecule has 5 heteroatoms. The monoisotopic (exact) mass is 315 g/mol. The summed E-state index contributed by atoms with van der Waals surface area (Å²) in [6, 6.07) is 8.62. The Kier molecular flexibility index (Phi) is 6.20. The molecular formula is C18H25N3O2. The van der Waals surface area contributed by atoms with Gasteiger partial charge in [0.1, 0.15) is 5.82 Å². The van der Waals surface area contributed by atoms with Crippen LogP contribution in [-0.2, 0) is 9.53 Å². The molecule has 1 aromatic carbocycles. The molecule has 23 heavy (non-hydrogen) atoms. The molecule has 0 aliphatic rings. The zero-order valence-corrected chi connectivity index (χ0v) is 14.0. The first-order chi connectivity index (χ1) is 11.1. The van der Waals surface area contributed by atoms with Gasteiger partial charge in [0.25, 0.3) is 0 Å². The minimum Gasteiger partial charge on any atom is -0.469 e. The van der Waals surface area contributed by atoms with Crippen LogP contribution in [0.25, 0.3) is 0 Å². The van der Waals surface area contributed by atoms with Gasteiger partial charge in [0.05, 0.1) is 19.4 Å². The predicted octanol–water partition coefficient (Wildman–Crippen LogP) is 3.71. The molecule has 2 N–H and O–H groups in total. The Morgan fingerprint density at radius 2 is 2.09 bits per heavy atom. The molecule has 0 aliphatic carbocycles. The van der Waals surface area contributed by atoms with Gasteiger partial charge >= 0.3 is 5.97 Å². The van der Waals surface area contributed by atoms with Crippen LogP contribution in [0.2, 0.25) is 0 Å². The number of aromatic nitrogens is 2. The molecule has 1 aromatic heterocycles. The maximum Gasteiger partial charge on any atom is 0.306 e. The first-order valence-corrected chi connectivity index (χ1v) is 8.06. The van der Waals surface area contributed by atoms with Crippen LogP contribution in [0.4, 0.5) is 5.69 Å². The maximum atomic E-state index is 11.7. The molecule has 2 rings (SSSR count). The van der Waals surface area contributed by atoms with Crippen LogP contribution in [-0.4, -0.2) is 29.1 Å². The molecule has 2 atom stereocenters. The van der Waals surface area contributed by atoms with E-state index in [2.05, 4.69) is 41.3 Å². The number of methoxy groups -OCH3 is 1. The van der Waals surface area contributed by atoms with Crippen LogP contribution >= 0.6 is 0 Å². The molecule has 0 saturated heterocycles. The summed E-state index contributed by atoms with van der Waals surface area (Å²) < 4.78 is 4.81. The highest BCUT2D eigenvalue weighted by molar-refractivity contribution is 5.71. The van der Waals surface area contributed by atoms with Crippen molar-refractivity contribution in [3.05, 3.63) is 48.0 Å². The average Bonchev–Trinajstić information content (AvgIpc) is 3.07. The average molecular weight is 315 g/mol. The van der Waals surface area contributed by atoms with Crippen molar-refractivity contribution >= 4 is 11.7 Å². The Morgan fingerprint density at radius 1 is 1.35 bits per heavy atom. The second-order valence-electron chi connectivity index (χ2n) is 5.76. The number of nitrogens with one attached hydrogen (secondary N) is 2. The van der Waals surface area contributed by atoms with E-state index in [4.69, 9.17) is 4.74 Å². The van der Waals surface area contributed by atoms with Crippen molar-refractivity contribution in [2.24, 2.45) is 0 Å². The van der Waals surface area contributed by atoms with E-state index in [0.717, 1.165) is 29.9 Å². The van der Waals surface area contributed by atoms with Crippen molar-refractivity contribution in [3.63, 3.8) is 0 Å². The van der Waals surface area contributed by atoms with Gasteiger partial charge in [-0.3, -0.25) is 4.79 Å². The third-order valence-corrected chi connectivity index (χ3v) is 3.90. The molecule has 0 bridgehead atoms. The molecule has 124 valence electrons. The van der Waals surface area contributed by atoms with Gasteiger partial charge in [-0.1, -0.05) is 25.5 Å². The molecule has 2 aromatic rings. The van der Waals surface area contributed by atoms with Crippen molar-refractivity contribution in [1.29, 1.82) is 0 Å². The highest BCUT2D eigenvalue weighted by Crippen LogP contribution is 2.27. The summed E-state index contributed by atoms with van der Waals surface area (Å²) in [5.41, 5.74) is 2.13. The number of carbonyl (C=O) groups excluding carboxylic acids is 1. The number of ether oxygens (including phenoxy) is 1. The summed E-state index contributed by atoms with van der Waals surface area (Å²) in [7, 11) is 1.41. The second kappa shape index (κ2) is 8.36. The summed E-state index contributed by atoms with van der Waals surface area (Å²) >= 11 is 0. The van der Waals surface area contributed by atoms with Gasteiger partial charge in [-0.25, -0.2) is 4.98 Å². The lowest BCUT2D eigenvalue weighted by atomic mass is 9.94. The van der Waals surface area contributed by atoms with Crippen molar-refractivity contribution in [1.82, 2.24) is 9.97 Å². The topological polar surface area (TPSA) is 67.0 Å². The Hall–Kier alpha value is -2.30. The van der Waals surface area contributed by atoms with E-state index in [1.165, 1.54) is 7.11 Å². The van der Waals surface area contributed by atoms with Gasteiger partial charge in [0.15, 0.2) is 0 Å². The molecule has 0 amide bonds. The molecule has 5 nitrogen and oxygen atoms in total. The maximum absolute atomic E-state index is 11.7. The summed E-state index contributed by atoms with van der Waals surface area (Å²) in [6.07, 6.45) is 6.03. The minimum atomic E-state index is -0.245. The highest BCUT2D eigenvalue weighted by Gasteiger charge is 2.20. The fourth-order valence-electron chi connectivity index (χ4n) is 2.69. The van der Waals surface area contributed by atoms with Gasteiger partial charge in [-0.15, -0.1) is 0 Å². The number of hydrogen-bond donors (Lipinski definition) is 2. The lowest BCUT2D eigenvalue weighted by molar-refractivity contribution is -0.140. The Morgan fingerprint density at radius 3 is 2.65 bits per heavy atom. The molecular weight excluding hydrogens is 290 g/mol. The normalized spacial score (nSPS) is 13.3. The quantitative estimate of drug-likeness (QED) is 0.729. The van der Waals surface area contributed by atoms with Crippen molar-refractivity contribution in [3.8, 4) is 0 Å². The van der Waals surface area contributed by atoms with Crippen LogP contribution in [0.5, 0.6) is 0 Å². The largest absolute Gasteiger partial charge is 0.469 e. The van der Waals surface area contributed by atoms with E-state index in [1.54, 1.807) is 12.4 Å². The standard InChI is InChI=1S/C18H25N3O2/c1-4-5-13(2)21-15-8-6-14(7-9-15)16(12-17(22)23-3)18-19-10-11-20-18/h6-11,13,16,21H,4-5,12H2,1-3H3,(H,19,20). The van der Waals surface area contributed by atoms with E-state index >= 15 is 0 Å². The number of imidazole rings is 1. The first-order valence-electron chi connectivity index (χ1n) is 8.06. The van der Waals surface area contributed by atoms with E-state index in [1.807, 2.05) is 12.1 Å². The SMILES string of the molecule is CCCC(C)Nc1ccc(C(CC(=O)OC)c2ncc[nH]2)cc1. The number of aromatic amines is 1. The molecule has 0 fully saturated rings. The van der Waals surface area contributed by atoms with Crippen molar-refractivity contribution in [2.75, 3.05) is 12.4 Å². The number of anilines is 1. The Labute approximate surface area is 137 Å². The van der Waals surface area contributed by atoms with Crippen LogP contribution in [0.3, 0.4) is 0 Å². The summed E-state index contributed by atoms with van der Waals surface area (Å²) in [6.45, 7) is 4.36. The van der Waals surface area contributed by atoms with E-state index < -0.39 is 0 Å². The zero-order valence-electron chi connectivity index (χ0n) is 14.0. The molecule has 2 unspecified atom stereocenters. The Bertz CT molecular complexity index is 593. The second-order valence-corrected chi connectivity index (χ2v) is 5.76. The minimum absolute atomic E-state index is 0.125. The third kappa shape index (κ3) is 4.84. The van der Waals surface area contributed by atoms with Crippen LogP contribution in [0.15, 0.2) is 36.7 Å². The summed E-state index contributed by atoms with van der Waals surface area (Å²) in [5, 5.41) is 3.48. The number of hydrogen-bond acceptors (Lipinski definition) is 4. The molecule has 0 radical (unpaired) electrons. The lowest BCUT2D eigenvalue weighted by Crippen LogP contribution is -2.15. The summed E-state index contributed by atoms with van der Waals surface area (Å²) in [5.74, 6) is 0.403. The van der Waals surface area contributed by atoms with Crippen LogP contribution < -0.4 is 5.32 Å². The van der Waals surface area contributed by atoms with E-state index in [9.17, 15) is 4.79 Å². The number of esters is 1. The first kappa shape index (κ1) is 17.1. The van der Waals surface area contributed by atoms with Crippen molar-refractivity contribution < 1.29 is 9.53 Å². The van der Waals surface area contributed by atoms with Gasteiger partial charge in [0.2, 0.25) is 0 Å². The fourth-order valence-corrected chi connectivity index (χ4v) is 2.69. The predicted molar refractivity (Wildman–Crippen MR) is 91.5 cm³/mol. The zero-order chi connectivity index (χ0) is 16.7. The summed E-state index contributed by atoms with van der Waals surface area (Å²) in [4.78, 5) is 19.1. The van der Waals surface area contributed by atoms with Crippen molar-refractivity contribution in [2.45, 2.75) is 45.1 Å². The number of H-pyrrole nitrogens is 1. The number of nitrogens with zero attached hydrogens (tertiary/aromatic N) is 1. The van der Waals surface area contributed by atoms with E-state index in [0.29, 0.717) is 6.04 Å². The van der Waals surface area contributed by atoms with Crippen LogP contribution in [0, 0.1) is 0 Å². The molecule has 1 heterocycles. The number of carbonyl (C=O) groups is 1. The van der Waals surface area contributed by atoms with Crippen LogP contribution in [0.1, 0.15) is 50.4 Å². The van der Waals surface area contributed by atoms with Gasteiger partial charge in [-0.05, 0) is 31.0 Å². The molecule has 0 saturated carbocycles. The van der Waals surface area contributed by atoms with E-state index in [-0.39, 0.29) is 18.3 Å². The number of rotatable bonds is 8.